The Labute approximate surface area is 52.1 Å². The van der Waals surface area contributed by atoms with Crippen molar-refractivity contribution in [2.45, 2.75) is 27.7 Å². The van der Waals surface area contributed by atoms with Crippen molar-refractivity contribution in [3.8, 4) is 0 Å². The Morgan fingerprint density at radius 3 is 1.75 bits per heavy atom. The maximum atomic E-state index is 3.81. The fraction of sp³-hybridized carbons (Fsp3) is 0.571. The van der Waals surface area contributed by atoms with Crippen molar-refractivity contribution in [1.29, 1.82) is 0 Å². The number of rotatable bonds is 1. The molecular weight excluding hydrogens is 98.1 g/mol. The van der Waals surface area contributed by atoms with Crippen LogP contribution in [-0.2, 0) is 0 Å². The fourth-order valence-corrected chi connectivity index (χ4v) is 0.183. The van der Waals surface area contributed by atoms with Crippen molar-refractivity contribution in [2.75, 3.05) is 0 Å². The molecule has 0 radical (unpaired) electrons. The van der Waals surface area contributed by atoms with E-state index in [1.54, 1.807) is 0 Å². The molecule has 1 heteroatoms. The lowest BCUT2D eigenvalue weighted by atomic mass is 10.5. The molecule has 0 amide bonds. The second-order valence-electron chi connectivity index (χ2n) is 1.26. The highest BCUT2D eigenvalue weighted by molar-refractivity contribution is 5.79. The summed E-state index contributed by atoms with van der Waals surface area (Å²) >= 11 is 0. The van der Waals surface area contributed by atoms with Crippen LogP contribution in [0, 0.1) is 0 Å². The van der Waals surface area contributed by atoms with Gasteiger partial charge in [-0.2, -0.15) is 0 Å². The van der Waals surface area contributed by atoms with Gasteiger partial charge in [-0.05, 0) is 13.8 Å². The van der Waals surface area contributed by atoms with Crippen LogP contribution >= 0.6 is 0 Å². The van der Waals surface area contributed by atoms with Gasteiger partial charge < -0.3 is 0 Å². The van der Waals surface area contributed by atoms with E-state index in [1.165, 1.54) is 6.20 Å². The summed E-state index contributed by atoms with van der Waals surface area (Å²) in [6.45, 7) is 11.3. The molecule has 0 N–H and O–H groups in total. The van der Waals surface area contributed by atoms with Crippen molar-refractivity contribution >= 4 is 5.71 Å². The van der Waals surface area contributed by atoms with Gasteiger partial charge in [-0.3, -0.25) is 4.99 Å². The first-order valence-corrected chi connectivity index (χ1v) is 2.89. The molecule has 0 atom stereocenters. The summed E-state index contributed by atoms with van der Waals surface area (Å²) in [6.07, 6.45) is 1.54. The Morgan fingerprint density at radius 1 is 1.38 bits per heavy atom. The van der Waals surface area contributed by atoms with E-state index in [9.17, 15) is 0 Å². The van der Waals surface area contributed by atoms with Crippen LogP contribution in [-0.4, -0.2) is 5.71 Å². The molecule has 0 bridgehead atoms. The largest absolute Gasteiger partial charge is 0.267 e. The van der Waals surface area contributed by atoms with Crippen LogP contribution in [0.2, 0.25) is 0 Å². The Bertz CT molecular complexity index is 68.5. The van der Waals surface area contributed by atoms with Crippen LogP contribution in [0.25, 0.3) is 0 Å². The van der Waals surface area contributed by atoms with Crippen molar-refractivity contribution in [2.24, 2.45) is 4.99 Å². The SMILES string of the molecule is C=CN=C(C)C.CC. The molecule has 8 heavy (non-hydrogen) atoms. The monoisotopic (exact) mass is 113 g/mol. The molecule has 0 unspecified atom stereocenters. The molecule has 0 aliphatic rings. The highest BCUT2D eigenvalue weighted by Gasteiger charge is 1.64. The van der Waals surface area contributed by atoms with Crippen molar-refractivity contribution in [1.82, 2.24) is 0 Å². The molecule has 0 spiro atoms. The second kappa shape index (κ2) is 9.65. The predicted octanol–water partition coefficient (Wildman–Crippen LogP) is 2.64. The third kappa shape index (κ3) is 18.1. The van der Waals surface area contributed by atoms with Crippen LogP contribution in [0.3, 0.4) is 0 Å². The summed E-state index contributed by atoms with van der Waals surface area (Å²) in [6, 6.07) is 0. The van der Waals surface area contributed by atoms with E-state index < -0.39 is 0 Å². The van der Waals surface area contributed by atoms with Crippen molar-refractivity contribution in [3.63, 3.8) is 0 Å². The summed E-state index contributed by atoms with van der Waals surface area (Å²) in [5, 5.41) is 0. The molecule has 0 fully saturated rings. The quantitative estimate of drug-likeness (QED) is 0.463. The summed E-state index contributed by atoms with van der Waals surface area (Å²) in [5.41, 5.74) is 1.05. The average molecular weight is 113 g/mol. The minimum Gasteiger partial charge on any atom is -0.267 e. The van der Waals surface area contributed by atoms with E-state index in [4.69, 9.17) is 0 Å². The van der Waals surface area contributed by atoms with Crippen LogP contribution in [0.5, 0.6) is 0 Å². The Kier molecular flexibility index (Phi) is 12.5. The lowest BCUT2D eigenvalue weighted by Crippen LogP contribution is -1.73. The van der Waals surface area contributed by atoms with E-state index in [-0.39, 0.29) is 0 Å². The Morgan fingerprint density at radius 2 is 1.75 bits per heavy atom. The van der Waals surface area contributed by atoms with Crippen LogP contribution in [0.4, 0.5) is 0 Å². The first-order valence-electron chi connectivity index (χ1n) is 2.89. The normalized spacial score (nSPS) is 6.00. The first kappa shape index (κ1) is 10.4. The molecule has 0 aromatic carbocycles. The maximum Gasteiger partial charge on any atom is 0.0194 e. The third-order valence-corrected chi connectivity index (χ3v) is 0.349. The summed E-state index contributed by atoms with van der Waals surface area (Å²) < 4.78 is 0. The highest BCUT2D eigenvalue weighted by atomic mass is 14.7. The second-order valence-corrected chi connectivity index (χ2v) is 1.26. The molecule has 48 valence electrons. The van der Waals surface area contributed by atoms with Gasteiger partial charge in [0.05, 0.1) is 0 Å². The zero-order valence-electron chi connectivity index (χ0n) is 6.23. The smallest absolute Gasteiger partial charge is 0.0194 e. The maximum absolute atomic E-state index is 3.81. The molecule has 0 aromatic heterocycles. The Hall–Kier alpha value is -0.590. The van der Waals surface area contributed by atoms with E-state index in [2.05, 4.69) is 11.6 Å². The minimum atomic E-state index is 1.05. The van der Waals surface area contributed by atoms with Crippen LogP contribution < -0.4 is 0 Å². The molecule has 0 heterocycles. The van der Waals surface area contributed by atoms with Gasteiger partial charge in [-0.1, -0.05) is 20.4 Å². The van der Waals surface area contributed by atoms with Gasteiger partial charge in [0.2, 0.25) is 0 Å². The Balaban J connectivity index is 0. The summed E-state index contributed by atoms with van der Waals surface area (Å²) in [5.74, 6) is 0. The van der Waals surface area contributed by atoms with E-state index in [0.29, 0.717) is 0 Å². The topological polar surface area (TPSA) is 12.4 Å². The molecule has 0 rings (SSSR count). The number of hydrogen-bond donors (Lipinski definition) is 0. The van der Waals surface area contributed by atoms with Crippen LogP contribution in [0.15, 0.2) is 17.8 Å². The molecule has 0 aromatic rings. The lowest BCUT2D eigenvalue weighted by molar-refractivity contribution is 1.50. The molecule has 0 aliphatic heterocycles. The summed E-state index contributed by atoms with van der Waals surface area (Å²) in [4.78, 5) is 3.81. The van der Waals surface area contributed by atoms with E-state index in [0.717, 1.165) is 5.71 Å². The number of nitrogens with zero attached hydrogens (tertiary/aromatic N) is 1. The van der Waals surface area contributed by atoms with Crippen molar-refractivity contribution in [3.05, 3.63) is 12.8 Å². The molecule has 0 saturated heterocycles. The highest BCUT2D eigenvalue weighted by Crippen LogP contribution is 1.71. The van der Waals surface area contributed by atoms with Gasteiger partial charge in [0.25, 0.3) is 0 Å². The minimum absolute atomic E-state index is 1.05. The van der Waals surface area contributed by atoms with Gasteiger partial charge in [0.1, 0.15) is 0 Å². The zero-order valence-corrected chi connectivity index (χ0v) is 6.23. The summed E-state index contributed by atoms with van der Waals surface area (Å²) in [7, 11) is 0. The first-order chi connectivity index (χ1) is 3.77. The predicted molar refractivity (Wildman–Crippen MR) is 40.3 cm³/mol. The van der Waals surface area contributed by atoms with Crippen molar-refractivity contribution < 1.29 is 0 Å². The number of hydrogen-bond acceptors (Lipinski definition) is 1. The average Bonchev–Trinajstić information content (AvgIpc) is 1.72. The lowest BCUT2D eigenvalue weighted by Gasteiger charge is -1.76. The fourth-order valence-electron chi connectivity index (χ4n) is 0.183. The van der Waals surface area contributed by atoms with Gasteiger partial charge in [-0.25, -0.2) is 0 Å². The standard InChI is InChI=1S/C5H9N.C2H6/c1-4-6-5(2)3;1-2/h4H,1H2,2-3H3;1-2H3. The van der Waals surface area contributed by atoms with E-state index in [1.807, 2.05) is 27.7 Å². The van der Waals surface area contributed by atoms with Gasteiger partial charge in [0.15, 0.2) is 0 Å². The van der Waals surface area contributed by atoms with Crippen LogP contribution in [0.1, 0.15) is 27.7 Å². The molecule has 1 nitrogen and oxygen atoms in total. The molecule has 0 saturated carbocycles. The van der Waals surface area contributed by atoms with Gasteiger partial charge in [0, 0.05) is 11.9 Å². The van der Waals surface area contributed by atoms with Gasteiger partial charge in [-0.15, -0.1) is 0 Å². The molecular formula is C7H15N. The zero-order chi connectivity index (χ0) is 6.99. The molecule has 0 aliphatic carbocycles. The number of aliphatic imine (C=N–C) groups is 1. The van der Waals surface area contributed by atoms with Gasteiger partial charge >= 0.3 is 0 Å². The third-order valence-electron chi connectivity index (χ3n) is 0.349. The van der Waals surface area contributed by atoms with E-state index >= 15 is 0 Å².